The minimum atomic E-state index is -1.23. The van der Waals surface area contributed by atoms with Gasteiger partial charge in [-0.15, -0.1) is 10.2 Å². The SMILES string of the molecule is O=C(O)c1ccc(Nc2c(F)cc(F)cc2Cl)nn1. The van der Waals surface area contributed by atoms with E-state index in [4.69, 9.17) is 16.7 Å². The summed E-state index contributed by atoms with van der Waals surface area (Å²) in [5.41, 5.74) is -0.420. The molecular weight excluding hydrogens is 280 g/mol. The van der Waals surface area contributed by atoms with Crippen LogP contribution in [0, 0.1) is 11.6 Å². The predicted octanol–water partition coefficient (Wildman–Crippen LogP) is 2.85. The lowest BCUT2D eigenvalue weighted by Gasteiger charge is -2.08. The molecule has 0 amide bonds. The summed E-state index contributed by atoms with van der Waals surface area (Å²) in [5, 5.41) is 17.9. The molecule has 1 heterocycles. The molecule has 0 unspecified atom stereocenters. The molecule has 0 bridgehead atoms. The van der Waals surface area contributed by atoms with Crippen molar-refractivity contribution in [1.29, 1.82) is 0 Å². The number of rotatable bonds is 3. The summed E-state index contributed by atoms with van der Waals surface area (Å²) in [6.07, 6.45) is 0. The standard InChI is InChI=1S/C11H6ClF2N3O2/c12-6-3-5(13)4-7(14)10(6)15-9-2-1-8(11(18)19)16-17-9/h1-4H,(H,15,17)(H,18,19). The average molecular weight is 286 g/mol. The van der Waals surface area contributed by atoms with Crippen LogP contribution in [0.3, 0.4) is 0 Å². The van der Waals surface area contributed by atoms with Crippen LogP contribution in [0.25, 0.3) is 0 Å². The second-order valence-electron chi connectivity index (χ2n) is 3.48. The first kappa shape index (κ1) is 13.2. The molecule has 1 aromatic carbocycles. The maximum absolute atomic E-state index is 13.5. The van der Waals surface area contributed by atoms with Crippen molar-refractivity contribution in [2.24, 2.45) is 0 Å². The molecule has 8 heteroatoms. The number of carboxylic acid groups (broad SMARTS) is 1. The van der Waals surface area contributed by atoms with Gasteiger partial charge in [-0.3, -0.25) is 0 Å². The number of hydrogen-bond acceptors (Lipinski definition) is 4. The molecule has 0 fully saturated rings. The van der Waals surface area contributed by atoms with Crippen molar-refractivity contribution in [1.82, 2.24) is 10.2 Å². The molecule has 2 N–H and O–H groups in total. The molecule has 0 aliphatic rings. The fourth-order valence-electron chi connectivity index (χ4n) is 1.30. The number of nitrogens with one attached hydrogen (secondary N) is 1. The van der Waals surface area contributed by atoms with Gasteiger partial charge in [-0.05, 0) is 18.2 Å². The van der Waals surface area contributed by atoms with Crippen LogP contribution in [0.1, 0.15) is 10.5 Å². The van der Waals surface area contributed by atoms with Gasteiger partial charge in [0, 0.05) is 6.07 Å². The van der Waals surface area contributed by atoms with Gasteiger partial charge in [0.15, 0.2) is 17.3 Å². The van der Waals surface area contributed by atoms with Gasteiger partial charge in [0.25, 0.3) is 0 Å². The van der Waals surface area contributed by atoms with Gasteiger partial charge in [-0.2, -0.15) is 0 Å². The minimum absolute atomic E-state index is 0.0809. The number of anilines is 2. The van der Waals surface area contributed by atoms with E-state index in [9.17, 15) is 13.6 Å². The number of carbonyl (C=O) groups is 1. The molecule has 0 radical (unpaired) electrons. The van der Waals surface area contributed by atoms with Gasteiger partial charge in [-0.1, -0.05) is 11.6 Å². The Morgan fingerprint density at radius 3 is 2.53 bits per heavy atom. The molecule has 0 aliphatic carbocycles. The van der Waals surface area contributed by atoms with Crippen molar-refractivity contribution in [2.75, 3.05) is 5.32 Å². The normalized spacial score (nSPS) is 10.3. The van der Waals surface area contributed by atoms with E-state index in [1.807, 2.05) is 0 Å². The topological polar surface area (TPSA) is 75.1 Å². The second kappa shape index (κ2) is 5.15. The Morgan fingerprint density at radius 2 is 2.00 bits per heavy atom. The summed E-state index contributed by atoms with van der Waals surface area (Å²) < 4.78 is 26.3. The number of carboxylic acids is 1. The lowest BCUT2D eigenvalue weighted by molar-refractivity contribution is 0.0689. The lowest BCUT2D eigenvalue weighted by Crippen LogP contribution is -2.04. The number of hydrogen-bond donors (Lipinski definition) is 2. The Labute approximate surface area is 110 Å². The third kappa shape index (κ3) is 2.94. The van der Waals surface area contributed by atoms with E-state index in [0.717, 1.165) is 6.07 Å². The van der Waals surface area contributed by atoms with Crippen LogP contribution in [0.2, 0.25) is 5.02 Å². The minimum Gasteiger partial charge on any atom is -0.476 e. The van der Waals surface area contributed by atoms with Crippen LogP contribution in [0.5, 0.6) is 0 Å². The summed E-state index contributed by atoms with van der Waals surface area (Å²) >= 11 is 5.68. The number of benzene rings is 1. The molecule has 98 valence electrons. The molecule has 2 aromatic rings. The highest BCUT2D eigenvalue weighted by molar-refractivity contribution is 6.33. The fourth-order valence-corrected chi connectivity index (χ4v) is 1.54. The lowest BCUT2D eigenvalue weighted by atomic mass is 10.3. The number of aromatic carboxylic acids is 1. The zero-order valence-corrected chi connectivity index (χ0v) is 9.95. The zero-order chi connectivity index (χ0) is 14.0. The van der Waals surface area contributed by atoms with E-state index in [2.05, 4.69) is 15.5 Å². The summed E-state index contributed by atoms with van der Waals surface area (Å²) in [5.74, 6) is -2.85. The Balaban J connectivity index is 2.29. The van der Waals surface area contributed by atoms with E-state index in [1.54, 1.807) is 0 Å². The van der Waals surface area contributed by atoms with Crippen molar-refractivity contribution in [3.8, 4) is 0 Å². The van der Waals surface area contributed by atoms with E-state index in [1.165, 1.54) is 12.1 Å². The molecule has 0 saturated heterocycles. The molecule has 0 saturated carbocycles. The summed E-state index contributed by atoms with van der Waals surface area (Å²) in [6, 6.07) is 4.07. The summed E-state index contributed by atoms with van der Waals surface area (Å²) in [4.78, 5) is 10.6. The molecule has 19 heavy (non-hydrogen) atoms. The zero-order valence-electron chi connectivity index (χ0n) is 9.19. The van der Waals surface area contributed by atoms with Gasteiger partial charge in [-0.25, -0.2) is 13.6 Å². The van der Waals surface area contributed by atoms with Gasteiger partial charge < -0.3 is 10.4 Å². The highest BCUT2D eigenvalue weighted by Gasteiger charge is 2.11. The number of aromatic nitrogens is 2. The van der Waals surface area contributed by atoms with E-state index in [-0.39, 0.29) is 22.2 Å². The van der Waals surface area contributed by atoms with Crippen molar-refractivity contribution in [2.45, 2.75) is 0 Å². The maximum Gasteiger partial charge on any atom is 0.356 e. The average Bonchev–Trinajstić information content (AvgIpc) is 2.34. The van der Waals surface area contributed by atoms with Crippen LogP contribution in [0.15, 0.2) is 24.3 Å². The van der Waals surface area contributed by atoms with Gasteiger partial charge in [0.1, 0.15) is 5.82 Å². The van der Waals surface area contributed by atoms with E-state index in [0.29, 0.717) is 6.07 Å². The van der Waals surface area contributed by atoms with Crippen LogP contribution in [-0.4, -0.2) is 21.3 Å². The highest BCUT2D eigenvalue weighted by Crippen LogP contribution is 2.28. The molecule has 5 nitrogen and oxygen atoms in total. The molecule has 0 atom stereocenters. The summed E-state index contributed by atoms with van der Waals surface area (Å²) in [7, 11) is 0. The van der Waals surface area contributed by atoms with Crippen molar-refractivity contribution in [3.63, 3.8) is 0 Å². The van der Waals surface area contributed by atoms with Crippen LogP contribution >= 0.6 is 11.6 Å². The third-order valence-corrected chi connectivity index (χ3v) is 2.44. The predicted molar refractivity (Wildman–Crippen MR) is 63.6 cm³/mol. The fraction of sp³-hybridized carbons (Fsp3) is 0. The Bertz CT molecular complexity index is 611. The smallest absolute Gasteiger partial charge is 0.356 e. The summed E-state index contributed by atoms with van der Waals surface area (Å²) in [6.45, 7) is 0. The first-order valence-corrected chi connectivity index (χ1v) is 5.34. The molecule has 2 rings (SSSR count). The maximum atomic E-state index is 13.5. The molecule has 0 aliphatic heterocycles. The largest absolute Gasteiger partial charge is 0.476 e. The second-order valence-corrected chi connectivity index (χ2v) is 3.89. The van der Waals surface area contributed by atoms with Gasteiger partial charge in [0.05, 0.1) is 10.7 Å². The Morgan fingerprint density at radius 1 is 1.26 bits per heavy atom. The van der Waals surface area contributed by atoms with E-state index < -0.39 is 17.6 Å². The molecule has 1 aromatic heterocycles. The highest BCUT2D eigenvalue weighted by atomic mass is 35.5. The Kier molecular flexibility index (Phi) is 3.57. The van der Waals surface area contributed by atoms with Crippen LogP contribution in [-0.2, 0) is 0 Å². The number of nitrogens with zero attached hydrogens (tertiary/aromatic N) is 2. The van der Waals surface area contributed by atoms with Crippen LogP contribution < -0.4 is 5.32 Å². The van der Waals surface area contributed by atoms with Gasteiger partial charge in [0.2, 0.25) is 0 Å². The van der Waals surface area contributed by atoms with E-state index >= 15 is 0 Å². The third-order valence-electron chi connectivity index (χ3n) is 2.14. The first-order valence-electron chi connectivity index (χ1n) is 4.96. The van der Waals surface area contributed by atoms with Gasteiger partial charge >= 0.3 is 5.97 Å². The van der Waals surface area contributed by atoms with Crippen molar-refractivity contribution in [3.05, 3.63) is 46.6 Å². The first-order chi connectivity index (χ1) is 8.97. The molecular formula is C11H6ClF2N3O2. The number of halogens is 3. The van der Waals surface area contributed by atoms with Crippen LogP contribution in [0.4, 0.5) is 20.3 Å². The quantitative estimate of drug-likeness (QED) is 0.907. The Hall–Kier alpha value is -2.28. The van der Waals surface area contributed by atoms with Crippen molar-refractivity contribution >= 4 is 29.1 Å². The molecule has 0 spiro atoms. The monoisotopic (exact) mass is 285 g/mol. The van der Waals surface area contributed by atoms with Crippen molar-refractivity contribution < 1.29 is 18.7 Å².